The molecule has 4 heteroatoms. The predicted octanol–water partition coefficient (Wildman–Crippen LogP) is 1.96. The van der Waals surface area contributed by atoms with Crippen LogP contribution in [0.2, 0.25) is 0 Å². The van der Waals surface area contributed by atoms with Crippen molar-refractivity contribution in [1.29, 1.82) is 0 Å². The van der Waals surface area contributed by atoms with Gasteiger partial charge in [-0.1, -0.05) is 6.07 Å². The number of aliphatic imine (C=N–C) groups is 1. The third kappa shape index (κ3) is 1.18. The fourth-order valence-electron chi connectivity index (χ4n) is 2.24. The molecule has 15 heavy (non-hydrogen) atoms. The molecule has 1 unspecified atom stereocenters. The second-order valence-corrected chi connectivity index (χ2v) is 3.87. The summed E-state index contributed by atoms with van der Waals surface area (Å²) in [7, 11) is 0. The zero-order valence-electron chi connectivity index (χ0n) is 8.15. The lowest BCUT2D eigenvalue weighted by atomic mass is 10.1. The van der Waals surface area contributed by atoms with Gasteiger partial charge in [0.2, 0.25) is 0 Å². The van der Waals surface area contributed by atoms with Gasteiger partial charge in [-0.2, -0.15) is 0 Å². The molecule has 3 rings (SSSR count). The minimum Gasteiger partial charge on any atom is -0.369 e. The molecule has 1 fully saturated rings. The molecule has 3 nitrogen and oxygen atoms in total. The molecule has 2 aliphatic heterocycles. The average molecular weight is 206 g/mol. The van der Waals surface area contributed by atoms with E-state index < -0.39 is 6.23 Å². The van der Waals surface area contributed by atoms with Crippen molar-refractivity contribution in [3.63, 3.8) is 0 Å². The van der Waals surface area contributed by atoms with Gasteiger partial charge in [-0.25, -0.2) is 9.38 Å². The lowest BCUT2D eigenvalue weighted by Crippen LogP contribution is -2.32. The van der Waals surface area contributed by atoms with Gasteiger partial charge in [-0.05, 0) is 18.6 Å². The molecule has 0 bridgehead atoms. The van der Waals surface area contributed by atoms with Crippen molar-refractivity contribution in [2.24, 2.45) is 4.99 Å². The standard InChI is InChI=1S/C11H11FN2O/c12-7-3-1-4-8-10(7)11(15)14-6-2-5-9(14)13-8/h1,3-4,11,15H,2,5-6H2. The first-order chi connectivity index (χ1) is 7.27. The molecule has 0 aliphatic carbocycles. The van der Waals surface area contributed by atoms with Crippen molar-refractivity contribution in [3.8, 4) is 0 Å². The molecule has 0 aromatic heterocycles. The summed E-state index contributed by atoms with van der Waals surface area (Å²) in [5.41, 5.74) is 0.874. The number of amidine groups is 1. The number of aliphatic hydroxyl groups is 1. The molecule has 1 aromatic carbocycles. The van der Waals surface area contributed by atoms with Crippen LogP contribution in [0.1, 0.15) is 24.6 Å². The number of hydrogen-bond acceptors (Lipinski definition) is 3. The SMILES string of the molecule is OC1c2c(F)cccc2N=C2CCCN21. The summed E-state index contributed by atoms with van der Waals surface area (Å²) in [4.78, 5) is 6.13. The maximum Gasteiger partial charge on any atom is 0.159 e. The first-order valence-electron chi connectivity index (χ1n) is 5.08. The van der Waals surface area contributed by atoms with Crippen molar-refractivity contribution in [2.75, 3.05) is 6.54 Å². The van der Waals surface area contributed by atoms with Crippen molar-refractivity contribution >= 4 is 11.5 Å². The van der Waals surface area contributed by atoms with Crippen LogP contribution in [-0.2, 0) is 0 Å². The highest BCUT2D eigenvalue weighted by atomic mass is 19.1. The number of hydrogen-bond donors (Lipinski definition) is 1. The minimum atomic E-state index is -0.865. The van der Waals surface area contributed by atoms with Gasteiger partial charge in [0.15, 0.2) is 6.23 Å². The fraction of sp³-hybridized carbons (Fsp3) is 0.364. The molecule has 0 spiro atoms. The molecule has 1 saturated heterocycles. The van der Waals surface area contributed by atoms with Crippen LogP contribution in [-0.4, -0.2) is 22.4 Å². The fourth-order valence-corrected chi connectivity index (χ4v) is 2.24. The molecule has 2 heterocycles. The smallest absolute Gasteiger partial charge is 0.159 e. The molecular weight excluding hydrogens is 195 g/mol. The normalized spacial score (nSPS) is 23.5. The maximum atomic E-state index is 13.5. The minimum absolute atomic E-state index is 0.308. The number of fused-ring (bicyclic) bond motifs is 2. The molecule has 1 aromatic rings. The van der Waals surface area contributed by atoms with Crippen LogP contribution >= 0.6 is 0 Å². The summed E-state index contributed by atoms with van der Waals surface area (Å²) in [6, 6.07) is 4.72. The van der Waals surface area contributed by atoms with Gasteiger partial charge < -0.3 is 10.0 Å². The van der Waals surface area contributed by atoms with E-state index in [1.54, 1.807) is 17.0 Å². The summed E-state index contributed by atoms with van der Waals surface area (Å²) in [6.45, 7) is 0.758. The Morgan fingerprint density at radius 3 is 3.20 bits per heavy atom. The highest BCUT2D eigenvalue weighted by Gasteiger charge is 2.33. The summed E-state index contributed by atoms with van der Waals surface area (Å²) < 4.78 is 13.5. The van der Waals surface area contributed by atoms with E-state index in [1.165, 1.54) is 6.07 Å². The van der Waals surface area contributed by atoms with Crippen molar-refractivity contribution in [2.45, 2.75) is 19.1 Å². The zero-order chi connectivity index (χ0) is 10.4. The Bertz CT molecular complexity index is 444. The summed E-state index contributed by atoms with van der Waals surface area (Å²) >= 11 is 0. The van der Waals surface area contributed by atoms with E-state index in [2.05, 4.69) is 4.99 Å². The summed E-state index contributed by atoms with van der Waals surface area (Å²) in [5, 5.41) is 10.0. The largest absolute Gasteiger partial charge is 0.369 e. The van der Waals surface area contributed by atoms with E-state index in [1.807, 2.05) is 0 Å². The Morgan fingerprint density at radius 2 is 2.33 bits per heavy atom. The van der Waals surface area contributed by atoms with Gasteiger partial charge in [0, 0.05) is 13.0 Å². The summed E-state index contributed by atoms with van der Waals surface area (Å²) in [5.74, 6) is 0.496. The molecule has 0 saturated carbocycles. The second kappa shape index (κ2) is 3.03. The van der Waals surface area contributed by atoms with Crippen LogP contribution in [0.5, 0.6) is 0 Å². The van der Waals surface area contributed by atoms with Gasteiger partial charge in [0.1, 0.15) is 11.7 Å². The lowest BCUT2D eigenvalue weighted by Gasteiger charge is -2.30. The van der Waals surface area contributed by atoms with E-state index >= 15 is 0 Å². The highest BCUT2D eigenvalue weighted by molar-refractivity contribution is 5.89. The van der Waals surface area contributed by atoms with Gasteiger partial charge >= 0.3 is 0 Å². The molecule has 2 aliphatic rings. The number of nitrogens with zero attached hydrogens (tertiary/aromatic N) is 2. The van der Waals surface area contributed by atoms with Crippen molar-refractivity contribution < 1.29 is 9.50 Å². The number of aliphatic hydroxyl groups excluding tert-OH is 1. The van der Waals surface area contributed by atoms with E-state index in [0.717, 1.165) is 25.2 Å². The van der Waals surface area contributed by atoms with E-state index in [9.17, 15) is 9.50 Å². The summed E-state index contributed by atoms with van der Waals surface area (Å²) in [6.07, 6.45) is 0.981. The maximum absolute atomic E-state index is 13.5. The van der Waals surface area contributed by atoms with Gasteiger partial charge in [0.25, 0.3) is 0 Å². The molecule has 1 atom stereocenters. The average Bonchev–Trinajstić information content (AvgIpc) is 2.66. The third-order valence-electron chi connectivity index (χ3n) is 2.96. The molecular formula is C11H11FN2O. The monoisotopic (exact) mass is 206 g/mol. The first-order valence-corrected chi connectivity index (χ1v) is 5.08. The van der Waals surface area contributed by atoms with Crippen LogP contribution < -0.4 is 0 Å². The Hall–Kier alpha value is -1.42. The van der Waals surface area contributed by atoms with Gasteiger partial charge in [-0.15, -0.1) is 0 Å². The Kier molecular flexibility index (Phi) is 1.79. The van der Waals surface area contributed by atoms with Gasteiger partial charge in [-0.3, -0.25) is 0 Å². The highest BCUT2D eigenvalue weighted by Crippen LogP contribution is 2.37. The van der Waals surface area contributed by atoms with Crippen LogP contribution in [0.3, 0.4) is 0 Å². The van der Waals surface area contributed by atoms with Crippen molar-refractivity contribution in [3.05, 3.63) is 29.6 Å². The first kappa shape index (κ1) is 8.85. The van der Waals surface area contributed by atoms with E-state index in [-0.39, 0.29) is 5.82 Å². The van der Waals surface area contributed by atoms with Crippen molar-refractivity contribution in [1.82, 2.24) is 4.90 Å². The van der Waals surface area contributed by atoms with Crippen LogP contribution in [0.15, 0.2) is 23.2 Å². The molecule has 1 N–H and O–H groups in total. The topological polar surface area (TPSA) is 35.8 Å². The van der Waals surface area contributed by atoms with E-state index in [4.69, 9.17) is 0 Å². The second-order valence-electron chi connectivity index (χ2n) is 3.87. The van der Waals surface area contributed by atoms with Crippen LogP contribution in [0.25, 0.3) is 0 Å². The Balaban J connectivity index is 2.19. The number of halogens is 1. The Labute approximate surface area is 86.9 Å². The third-order valence-corrected chi connectivity index (χ3v) is 2.96. The zero-order valence-corrected chi connectivity index (χ0v) is 8.15. The molecule has 0 amide bonds. The quantitative estimate of drug-likeness (QED) is 0.704. The van der Waals surface area contributed by atoms with Gasteiger partial charge in [0.05, 0.1) is 11.3 Å². The van der Waals surface area contributed by atoms with E-state index in [0.29, 0.717) is 11.3 Å². The molecule has 78 valence electrons. The lowest BCUT2D eigenvalue weighted by molar-refractivity contribution is 0.0543. The predicted molar refractivity (Wildman–Crippen MR) is 54.4 cm³/mol. The van der Waals surface area contributed by atoms with Crippen LogP contribution in [0, 0.1) is 5.82 Å². The molecule has 0 radical (unpaired) electrons. The Morgan fingerprint density at radius 1 is 1.47 bits per heavy atom. The van der Waals surface area contributed by atoms with Crippen LogP contribution in [0.4, 0.5) is 10.1 Å². The number of benzene rings is 1. The number of rotatable bonds is 0.